The van der Waals surface area contributed by atoms with E-state index in [-0.39, 0.29) is 6.10 Å². The molecule has 0 bridgehead atoms. The van der Waals surface area contributed by atoms with Gasteiger partial charge in [0.05, 0.1) is 6.10 Å². The Hall–Kier alpha value is -1.46. The Morgan fingerprint density at radius 2 is 1.90 bits per heavy atom. The number of fused-ring (bicyclic) bond motifs is 2. The van der Waals surface area contributed by atoms with Crippen molar-refractivity contribution < 1.29 is 19.3 Å². The van der Waals surface area contributed by atoms with Crippen molar-refractivity contribution in [3.05, 3.63) is 18.2 Å². The number of nitrogens with one attached hydrogen (secondary N) is 1. The van der Waals surface area contributed by atoms with Gasteiger partial charge in [-0.2, -0.15) is 0 Å². The third-order valence-electron chi connectivity index (χ3n) is 4.80. The van der Waals surface area contributed by atoms with E-state index in [4.69, 9.17) is 14.2 Å². The molecule has 1 saturated heterocycles. The minimum absolute atomic E-state index is 0.164. The molecule has 5 heteroatoms. The lowest BCUT2D eigenvalue weighted by Gasteiger charge is -2.35. The van der Waals surface area contributed by atoms with Gasteiger partial charge in [-0.3, -0.25) is 0 Å². The van der Waals surface area contributed by atoms with Crippen LogP contribution < -0.4 is 19.5 Å². The Kier molecular flexibility index (Phi) is 3.39. The molecule has 4 rings (SSSR count). The Bertz CT molecular complexity index is 521. The molecule has 0 aromatic heterocycles. The van der Waals surface area contributed by atoms with Crippen LogP contribution in [0.3, 0.4) is 0 Å². The van der Waals surface area contributed by atoms with Crippen LogP contribution in [-0.4, -0.2) is 43.6 Å². The Morgan fingerprint density at radius 1 is 1.10 bits per heavy atom. The molecular formula is C16H21NO4. The van der Waals surface area contributed by atoms with Crippen LogP contribution in [0.4, 0.5) is 0 Å². The number of ether oxygens (including phenoxy) is 3. The number of rotatable bonds is 2. The van der Waals surface area contributed by atoms with E-state index in [0.29, 0.717) is 36.5 Å². The highest BCUT2D eigenvalue weighted by Gasteiger charge is 2.40. The molecule has 114 valence electrons. The summed E-state index contributed by atoms with van der Waals surface area (Å²) >= 11 is 0. The van der Waals surface area contributed by atoms with E-state index in [0.717, 1.165) is 31.7 Å². The van der Waals surface area contributed by atoms with Crippen LogP contribution in [0, 0.1) is 11.8 Å². The molecule has 0 spiro atoms. The third kappa shape index (κ3) is 2.45. The van der Waals surface area contributed by atoms with Crippen LogP contribution >= 0.6 is 0 Å². The Balaban J connectivity index is 1.53. The molecule has 1 aromatic rings. The quantitative estimate of drug-likeness (QED) is 0.857. The largest absolute Gasteiger partial charge is 0.486 e. The molecular weight excluding hydrogens is 270 g/mol. The average Bonchev–Trinajstić information content (AvgIpc) is 2.95. The fourth-order valence-electron chi connectivity index (χ4n) is 3.69. The second-order valence-electron chi connectivity index (χ2n) is 6.15. The normalized spacial score (nSPS) is 34.3. The van der Waals surface area contributed by atoms with E-state index < -0.39 is 6.10 Å². The van der Waals surface area contributed by atoms with E-state index >= 15 is 0 Å². The first-order chi connectivity index (χ1) is 10.3. The molecule has 4 atom stereocenters. The van der Waals surface area contributed by atoms with Crippen molar-refractivity contribution >= 4 is 0 Å². The van der Waals surface area contributed by atoms with Gasteiger partial charge in [0.15, 0.2) is 11.5 Å². The highest BCUT2D eigenvalue weighted by molar-refractivity contribution is 5.51. The van der Waals surface area contributed by atoms with Crippen molar-refractivity contribution in [3.63, 3.8) is 0 Å². The maximum absolute atomic E-state index is 10.4. The second-order valence-corrected chi connectivity index (χ2v) is 6.15. The van der Waals surface area contributed by atoms with E-state index in [1.165, 1.54) is 0 Å². The maximum atomic E-state index is 10.4. The SMILES string of the molecule is O[C@@H]1C[C@H]2CNC[C@H]2C[C@H]1Oc1cccc2c1OCCO2. The van der Waals surface area contributed by atoms with E-state index in [9.17, 15) is 5.11 Å². The van der Waals surface area contributed by atoms with E-state index in [2.05, 4.69) is 5.32 Å². The topological polar surface area (TPSA) is 60.0 Å². The first-order valence-corrected chi connectivity index (χ1v) is 7.75. The first-order valence-electron chi connectivity index (χ1n) is 7.75. The molecule has 1 aromatic carbocycles. The zero-order valence-corrected chi connectivity index (χ0v) is 12.0. The van der Waals surface area contributed by atoms with Gasteiger partial charge in [0.25, 0.3) is 0 Å². The smallest absolute Gasteiger partial charge is 0.203 e. The molecule has 1 aliphatic carbocycles. The average molecular weight is 291 g/mol. The van der Waals surface area contributed by atoms with Crippen molar-refractivity contribution in [1.82, 2.24) is 5.32 Å². The van der Waals surface area contributed by atoms with E-state index in [1.807, 2.05) is 18.2 Å². The molecule has 3 aliphatic rings. The van der Waals surface area contributed by atoms with Crippen molar-refractivity contribution in [3.8, 4) is 17.2 Å². The van der Waals surface area contributed by atoms with Crippen molar-refractivity contribution in [2.75, 3.05) is 26.3 Å². The van der Waals surface area contributed by atoms with Crippen LogP contribution in [0.2, 0.25) is 0 Å². The summed E-state index contributed by atoms with van der Waals surface area (Å²) in [5, 5.41) is 13.8. The number of aliphatic hydroxyl groups excluding tert-OH is 1. The minimum Gasteiger partial charge on any atom is -0.486 e. The maximum Gasteiger partial charge on any atom is 0.203 e. The van der Waals surface area contributed by atoms with Gasteiger partial charge in [0.1, 0.15) is 19.3 Å². The summed E-state index contributed by atoms with van der Waals surface area (Å²) in [5.74, 6) is 3.27. The highest BCUT2D eigenvalue weighted by Crippen LogP contribution is 2.41. The van der Waals surface area contributed by atoms with Gasteiger partial charge in [-0.1, -0.05) is 6.07 Å². The lowest BCUT2D eigenvalue weighted by Crippen LogP contribution is -2.42. The second kappa shape index (κ2) is 5.39. The van der Waals surface area contributed by atoms with Gasteiger partial charge in [-0.25, -0.2) is 0 Å². The van der Waals surface area contributed by atoms with Crippen molar-refractivity contribution in [2.24, 2.45) is 11.8 Å². The number of hydrogen-bond donors (Lipinski definition) is 2. The van der Waals surface area contributed by atoms with Gasteiger partial charge in [0.2, 0.25) is 5.75 Å². The van der Waals surface area contributed by atoms with Gasteiger partial charge >= 0.3 is 0 Å². The number of para-hydroxylation sites is 1. The van der Waals surface area contributed by atoms with Gasteiger partial charge in [-0.15, -0.1) is 0 Å². The van der Waals surface area contributed by atoms with Crippen LogP contribution in [0.1, 0.15) is 12.8 Å². The monoisotopic (exact) mass is 291 g/mol. The van der Waals surface area contributed by atoms with Gasteiger partial charge < -0.3 is 24.6 Å². The zero-order valence-electron chi connectivity index (χ0n) is 12.0. The molecule has 1 saturated carbocycles. The summed E-state index contributed by atoms with van der Waals surface area (Å²) in [4.78, 5) is 0. The van der Waals surface area contributed by atoms with Crippen molar-refractivity contribution in [2.45, 2.75) is 25.0 Å². The standard InChI is InChI=1S/C16H21NO4/c18-12-6-10-8-17-9-11(10)7-15(12)21-14-3-1-2-13-16(14)20-5-4-19-13/h1-3,10-12,15,17-18H,4-9H2/t10-,11+,12+,15+/m0/s1. The minimum atomic E-state index is -0.411. The van der Waals surface area contributed by atoms with E-state index in [1.54, 1.807) is 0 Å². The highest BCUT2D eigenvalue weighted by atomic mass is 16.6. The van der Waals surface area contributed by atoms with Crippen LogP contribution in [0.25, 0.3) is 0 Å². The van der Waals surface area contributed by atoms with Crippen molar-refractivity contribution in [1.29, 1.82) is 0 Å². The number of benzene rings is 1. The fraction of sp³-hybridized carbons (Fsp3) is 0.625. The fourth-order valence-corrected chi connectivity index (χ4v) is 3.69. The number of aliphatic hydroxyl groups is 1. The molecule has 21 heavy (non-hydrogen) atoms. The molecule has 2 aliphatic heterocycles. The molecule has 2 fully saturated rings. The predicted molar refractivity (Wildman–Crippen MR) is 76.9 cm³/mol. The van der Waals surface area contributed by atoms with Crippen LogP contribution in [0.15, 0.2) is 18.2 Å². The molecule has 2 N–H and O–H groups in total. The summed E-state index contributed by atoms with van der Waals surface area (Å²) in [6.45, 7) is 3.16. The van der Waals surface area contributed by atoms with Crippen LogP contribution in [-0.2, 0) is 0 Å². The summed E-state index contributed by atoms with van der Waals surface area (Å²) in [7, 11) is 0. The lowest BCUT2D eigenvalue weighted by molar-refractivity contribution is -0.0249. The molecule has 0 radical (unpaired) electrons. The van der Waals surface area contributed by atoms with Gasteiger partial charge in [-0.05, 0) is 49.9 Å². The molecule has 2 heterocycles. The molecule has 5 nitrogen and oxygen atoms in total. The van der Waals surface area contributed by atoms with Crippen LogP contribution in [0.5, 0.6) is 17.2 Å². The molecule has 0 amide bonds. The number of hydrogen-bond acceptors (Lipinski definition) is 5. The molecule has 0 unspecified atom stereocenters. The third-order valence-corrected chi connectivity index (χ3v) is 4.80. The Labute approximate surface area is 124 Å². The first kappa shape index (κ1) is 13.2. The zero-order chi connectivity index (χ0) is 14.2. The lowest BCUT2D eigenvalue weighted by atomic mass is 9.78. The predicted octanol–water partition coefficient (Wildman–Crippen LogP) is 1.20. The summed E-state index contributed by atoms with van der Waals surface area (Å²) < 4.78 is 17.3. The summed E-state index contributed by atoms with van der Waals surface area (Å²) in [6, 6.07) is 5.67. The van der Waals surface area contributed by atoms with Gasteiger partial charge in [0, 0.05) is 0 Å². The Morgan fingerprint density at radius 3 is 2.81 bits per heavy atom. The summed E-state index contributed by atoms with van der Waals surface area (Å²) in [5.41, 5.74) is 0. The summed E-state index contributed by atoms with van der Waals surface area (Å²) in [6.07, 6.45) is 1.13.